The summed E-state index contributed by atoms with van der Waals surface area (Å²) in [6.07, 6.45) is 16.3. The van der Waals surface area contributed by atoms with Crippen LogP contribution in [-0.2, 0) is 14.2 Å². The molecule has 0 amide bonds. The van der Waals surface area contributed by atoms with Gasteiger partial charge in [0, 0.05) is 19.6 Å². The SMILES string of the molecule is CCC=COCCC.CCCCCCCCCC(C)(OCC)OCC. The van der Waals surface area contributed by atoms with Crippen LogP contribution in [0.2, 0.25) is 0 Å². The summed E-state index contributed by atoms with van der Waals surface area (Å²) in [6.45, 7) is 14.9. The molecular weight excluding hydrogens is 312 g/mol. The Bertz CT molecular complexity index is 258. The molecule has 3 nitrogen and oxygen atoms in total. The van der Waals surface area contributed by atoms with Crippen molar-refractivity contribution in [3.63, 3.8) is 0 Å². The van der Waals surface area contributed by atoms with Crippen molar-refractivity contribution in [3.8, 4) is 0 Å². The van der Waals surface area contributed by atoms with Crippen LogP contribution < -0.4 is 0 Å². The normalized spacial score (nSPS) is 11.4. The predicted molar refractivity (Wildman–Crippen MR) is 110 cm³/mol. The Morgan fingerprint density at radius 3 is 1.76 bits per heavy atom. The largest absolute Gasteiger partial charge is 0.502 e. The maximum atomic E-state index is 5.69. The van der Waals surface area contributed by atoms with Gasteiger partial charge < -0.3 is 14.2 Å². The van der Waals surface area contributed by atoms with Gasteiger partial charge in [-0.25, -0.2) is 0 Å². The lowest BCUT2D eigenvalue weighted by molar-refractivity contribution is -0.225. The second-order valence-electron chi connectivity index (χ2n) is 6.52. The van der Waals surface area contributed by atoms with Crippen molar-refractivity contribution in [3.05, 3.63) is 12.3 Å². The molecule has 0 bridgehead atoms. The highest BCUT2D eigenvalue weighted by atomic mass is 16.7. The monoisotopic (exact) mass is 358 g/mol. The third kappa shape index (κ3) is 21.4. The fraction of sp³-hybridized carbons (Fsp3) is 0.909. The zero-order valence-electron chi connectivity index (χ0n) is 18.1. The van der Waals surface area contributed by atoms with E-state index >= 15 is 0 Å². The van der Waals surface area contributed by atoms with E-state index in [0.29, 0.717) is 0 Å². The molecule has 0 saturated carbocycles. The number of allylic oxidation sites excluding steroid dienone is 1. The number of rotatable bonds is 16. The van der Waals surface area contributed by atoms with Gasteiger partial charge in [-0.3, -0.25) is 0 Å². The molecule has 0 radical (unpaired) electrons. The average Bonchev–Trinajstić information content (AvgIpc) is 2.59. The summed E-state index contributed by atoms with van der Waals surface area (Å²) in [6, 6.07) is 0. The minimum atomic E-state index is -0.354. The van der Waals surface area contributed by atoms with E-state index in [1.165, 1.54) is 44.9 Å². The molecule has 0 heterocycles. The Labute approximate surface area is 158 Å². The molecule has 25 heavy (non-hydrogen) atoms. The van der Waals surface area contributed by atoms with E-state index < -0.39 is 0 Å². The van der Waals surface area contributed by atoms with E-state index in [2.05, 4.69) is 27.7 Å². The van der Waals surface area contributed by atoms with Gasteiger partial charge in [0.25, 0.3) is 0 Å². The van der Waals surface area contributed by atoms with Crippen LogP contribution >= 0.6 is 0 Å². The molecule has 152 valence electrons. The van der Waals surface area contributed by atoms with Gasteiger partial charge in [0.15, 0.2) is 5.79 Å². The molecule has 0 unspecified atom stereocenters. The summed E-state index contributed by atoms with van der Waals surface area (Å²) in [5, 5.41) is 0. The van der Waals surface area contributed by atoms with Crippen LogP contribution in [0.25, 0.3) is 0 Å². The first-order valence-electron chi connectivity index (χ1n) is 10.6. The quantitative estimate of drug-likeness (QED) is 0.165. The summed E-state index contributed by atoms with van der Waals surface area (Å²) in [4.78, 5) is 0. The van der Waals surface area contributed by atoms with E-state index in [1.54, 1.807) is 6.26 Å². The highest BCUT2D eigenvalue weighted by Gasteiger charge is 2.23. The van der Waals surface area contributed by atoms with E-state index in [-0.39, 0.29) is 5.79 Å². The van der Waals surface area contributed by atoms with Gasteiger partial charge in [-0.05, 0) is 40.0 Å². The van der Waals surface area contributed by atoms with Crippen LogP contribution in [0.1, 0.15) is 106 Å². The molecule has 0 fully saturated rings. The third-order valence-electron chi connectivity index (χ3n) is 3.88. The van der Waals surface area contributed by atoms with Crippen molar-refractivity contribution in [2.45, 2.75) is 112 Å². The van der Waals surface area contributed by atoms with Crippen molar-refractivity contribution in [2.75, 3.05) is 19.8 Å². The lowest BCUT2D eigenvalue weighted by Crippen LogP contribution is -2.32. The lowest BCUT2D eigenvalue weighted by atomic mass is 10.1. The molecule has 0 aromatic carbocycles. The van der Waals surface area contributed by atoms with Crippen LogP contribution in [0.5, 0.6) is 0 Å². The summed E-state index contributed by atoms with van der Waals surface area (Å²) in [7, 11) is 0. The van der Waals surface area contributed by atoms with Gasteiger partial charge >= 0.3 is 0 Å². The first-order valence-corrected chi connectivity index (χ1v) is 10.6. The van der Waals surface area contributed by atoms with Crippen molar-refractivity contribution in [1.29, 1.82) is 0 Å². The summed E-state index contributed by atoms with van der Waals surface area (Å²) in [5.74, 6) is -0.354. The van der Waals surface area contributed by atoms with Gasteiger partial charge in [0.1, 0.15) is 0 Å². The number of hydrogen-bond donors (Lipinski definition) is 0. The third-order valence-corrected chi connectivity index (χ3v) is 3.88. The first-order chi connectivity index (χ1) is 12.1. The van der Waals surface area contributed by atoms with Crippen molar-refractivity contribution < 1.29 is 14.2 Å². The highest BCUT2D eigenvalue weighted by molar-refractivity contribution is 4.70. The maximum Gasteiger partial charge on any atom is 0.165 e. The van der Waals surface area contributed by atoms with Crippen LogP contribution in [0.3, 0.4) is 0 Å². The molecule has 0 atom stereocenters. The van der Waals surface area contributed by atoms with Crippen LogP contribution in [0.15, 0.2) is 12.3 Å². The Balaban J connectivity index is 0. The first kappa shape index (κ1) is 26.7. The Morgan fingerprint density at radius 2 is 1.28 bits per heavy atom. The molecule has 0 aromatic rings. The smallest absolute Gasteiger partial charge is 0.165 e. The molecule has 3 heteroatoms. The molecule has 0 rings (SSSR count). The summed E-state index contributed by atoms with van der Waals surface area (Å²) >= 11 is 0. The van der Waals surface area contributed by atoms with E-state index in [4.69, 9.17) is 14.2 Å². The van der Waals surface area contributed by atoms with E-state index in [9.17, 15) is 0 Å². The predicted octanol–water partition coefficient (Wildman–Crippen LogP) is 7.25. The zero-order chi connectivity index (χ0) is 19.2. The molecule has 0 aliphatic heterocycles. The highest BCUT2D eigenvalue weighted by Crippen LogP contribution is 2.21. The Kier molecular flexibility index (Phi) is 23.0. The minimum absolute atomic E-state index is 0.354. The maximum absolute atomic E-state index is 5.69. The lowest BCUT2D eigenvalue weighted by Gasteiger charge is -2.29. The molecule has 0 aliphatic rings. The van der Waals surface area contributed by atoms with Crippen LogP contribution in [0.4, 0.5) is 0 Å². The standard InChI is InChI=1S/C15H32O2.C7H14O/c1-5-8-9-10-11-12-13-14-15(4,16-6-2)17-7-3;1-3-5-7-8-6-4-2/h5-14H2,1-4H3;5,7H,3-4,6H2,1-2H3. The molecule has 0 spiro atoms. The second-order valence-corrected chi connectivity index (χ2v) is 6.52. The van der Waals surface area contributed by atoms with Gasteiger partial charge in [-0.15, -0.1) is 0 Å². The number of hydrogen-bond acceptors (Lipinski definition) is 3. The van der Waals surface area contributed by atoms with Crippen molar-refractivity contribution >= 4 is 0 Å². The van der Waals surface area contributed by atoms with E-state index in [0.717, 1.165) is 39.1 Å². The van der Waals surface area contributed by atoms with Crippen LogP contribution in [-0.4, -0.2) is 25.6 Å². The zero-order valence-corrected chi connectivity index (χ0v) is 18.1. The molecule has 0 aromatic heterocycles. The van der Waals surface area contributed by atoms with E-state index in [1.807, 2.05) is 19.9 Å². The molecular formula is C22H46O3. The Hall–Kier alpha value is -0.540. The van der Waals surface area contributed by atoms with Gasteiger partial charge in [0.2, 0.25) is 0 Å². The summed E-state index contributed by atoms with van der Waals surface area (Å²) < 4.78 is 16.4. The molecule has 0 aliphatic carbocycles. The molecule has 0 N–H and O–H groups in total. The molecule has 0 saturated heterocycles. The Morgan fingerprint density at radius 1 is 0.720 bits per heavy atom. The van der Waals surface area contributed by atoms with Crippen molar-refractivity contribution in [1.82, 2.24) is 0 Å². The summed E-state index contributed by atoms with van der Waals surface area (Å²) in [5.41, 5.74) is 0. The fourth-order valence-corrected chi connectivity index (χ4v) is 2.55. The number of ether oxygens (including phenoxy) is 3. The fourth-order valence-electron chi connectivity index (χ4n) is 2.55. The topological polar surface area (TPSA) is 27.7 Å². The average molecular weight is 359 g/mol. The van der Waals surface area contributed by atoms with Crippen LogP contribution in [0, 0.1) is 0 Å². The van der Waals surface area contributed by atoms with Crippen molar-refractivity contribution in [2.24, 2.45) is 0 Å². The van der Waals surface area contributed by atoms with Gasteiger partial charge in [0.05, 0.1) is 12.9 Å². The number of unbranched alkanes of at least 4 members (excludes halogenated alkanes) is 6. The van der Waals surface area contributed by atoms with Gasteiger partial charge in [-0.1, -0.05) is 65.4 Å². The van der Waals surface area contributed by atoms with Gasteiger partial charge in [-0.2, -0.15) is 0 Å². The second kappa shape index (κ2) is 21.5. The minimum Gasteiger partial charge on any atom is -0.502 e.